The summed E-state index contributed by atoms with van der Waals surface area (Å²) in [4.78, 5) is 25.8. The van der Waals surface area contributed by atoms with E-state index in [1.165, 1.54) is 6.21 Å². The lowest BCUT2D eigenvalue weighted by Crippen LogP contribution is -2.43. The minimum Gasteiger partial charge on any atom is -0.318 e. The van der Waals surface area contributed by atoms with Crippen LogP contribution in [0.1, 0.15) is 35.9 Å². The lowest BCUT2D eigenvalue weighted by atomic mass is 9.87. The second-order valence-corrected chi connectivity index (χ2v) is 7.25. The standard InChI is InChI=1S/C23H23N5O2/c1-4-23(18-11-7-5-8-12-18)21(29)28(22(30)25-23)24-15-20-16(2)26-27(17(20)3)19-13-9-6-10-14-19/h5-15H,4H2,1-3H3,(H,25,30)/b24-15-/t23-/m1/s1. The van der Waals surface area contributed by atoms with Crippen molar-refractivity contribution in [1.29, 1.82) is 0 Å². The molecule has 1 aromatic heterocycles. The summed E-state index contributed by atoms with van der Waals surface area (Å²) in [5.41, 5.74) is 2.98. The summed E-state index contributed by atoms with van der Waals surface area (Å²) in [5.74, 6) is -0.386. The number of aryl methyl sites for hydroxylation is 1. The van der Waals surface area contributed by atoms with Crippen molar-refractivity contribution in [2.24, 2.45) is 5.10 Å². The average Bonchev–Trinajstić information content (AvgIpc) is 3.20. The number of nitrogens with one attached hydrogen (secondary N) is 1. The number of urea groups is 1. The van der Waals surface area contributed by atoms with Gasteiger partial charge in [0.05, 0.1) is 23.3 Å². The van der Waals surface area contributed by atoms with Crippen molar-refractivity contribution in [2.75, 3.05) is 0 Å². The molecule has 7 nitrogen and oxygen atoms in total. The lowest BCUT2D eigenvalue weighted by Gasteiger charge is -2.24. The van der Waals surface area contributed by atoms with Gasteiger partial charge in [-0.05, 0) is 38.0 Å². The molecule has 1 N–H and O–H groups in total. The summed E-state index contributed by atoms with van der Waals surface area (Å²) in [6, 6.07) is 18.5. The number of hydrogen-bond acceptors (Lipinski definition) is 4. The Bertz CT molecular complexity index is 1120. The van der Waals surface area contributed by atoms with E-state index in [-0.39, 0.29) is 5.91 Å². The Kier molecular flexibility index (Phi) is 4.95. The largest absolute Gasteiger partial charge is 0.346 e. The van der Waals surface area contributed by atoms with Crippen molar-refractivity contribution in [3.8, 4) is 5.69 Å². The Labute approximate surface area is 175 Å². The third kappa shape index (κ3) is 3.08. The number of imide groups is 1. The van der Waals surface area contributed by atoms with E-state index in [2.05, 4.69) is 15.5 Å². The van der Waals surface area contributed by atoms with Crippen LogP contribution in [-0.2, 0) is 10.3 Å². The van der Waals surface area contributed by atoms with E-state index in [9.17, 15) is 9.59 Å². The highest BCUT2D eigenvalue weighted by molar-refractivity contribution is 6.07. The number of hydrogen-bond donors (Lipinski definition) is 1. The number of benzene rings is 2. The van der Waals surface area contributed by atoms with E-state index < -0.39 is 11.6 Å². The van der Waals surface area contributed by atoms with E-state index in [0.717, 1.165) is 33.2 Å². The van der Waals surface area contributed by atoms with Crippen LogP contribution in [0.4, 0.5) is 4.79 Å². The van der Waals surface area contributed by atoms with E-state index in [0.29, 0.717) is 6.42 Å². The first-order valence-corrected chi connectivity index (χ1v) is 9.86. The van der Waals surface area contributed by atoms with Gasteiger partial charge in [0.15, 0.2) is 0 Å². The minimum atomic E-state index is -1.10. The van der Waals surface area contributed by atoms with Gasteiger partial charge >= 0.3 is 6.03 Å². The molecule has 1 saturated heterocycles. The molecule has 30 heavy (non-hydrogen) atoms. The van der Waals surface area contributed by atoms with Gasteiger partial charge in [-0.15, -0.1) is 5.01 Å². The first kappa shape index (κ1) is 19.6. The lowest BCUT2D eigenvalue weighted by molar-refractivity contribution is -0.131. The Morgan fingerprint density at radius 3 is 2.30 bits per heavy atom. The zero-order chi connectivity index (χ0) is 21.3. The molecule has 4 rings (SSSR count). The Hall–Kier alpha value is -3.74. The molecule has 2 heterocycles. The zero-order valence-electron chi connectivity index (χ0n) is 17.2. The summed E-state index contributed by atoms with van der Waals surface area (Å²) in [6.45, 7) is 5.68. The van der Waals surface area contributed by atoms with Gasteiger partial charge in [0.25, 0.3) is 5.91 Å². The van der Waals surface area contributed by atoms with Crippen molar-refractivity contribution in [3.63, 3.8) is 0 Å². The minimum absolute atomic E-state index is 0.386. The fourth-order valence-corrected chi connectivity index (χ4v) is 3.81. The second-order valence-electron chi connectivity index (χ2n) is 7.25. The van der Waals surface area contributed by atoms with Crippen molar-refractivity contribution < 1.29 is 9.59 Å². The van der Waals surface area contributed by atoms with Gasteiger partial charge < -0.3 is 5.32 Å². The summed E-state index contributed by atoms with van der Waals surface area (Å²) in [5, 5.41) is 12.6. The molecule has 2 aromatic carbocycles. The van der Waals surface area contributed by atoms with Crippen LogP contribution < -0.4 is 5.32 Å². The zero-order valence-corrected chi connectivity index (χ0v) is 17.2. The van der Waals surface area contributed by atoms with E-state index in [1.807, 2.05) is 86.1 Å². The summed E-state index contributed by atoms with van der Waals surface area (Å²) >= 11 is 0. The maximum Gasteiger partial charge on any atom is 0.346 e. The first-order chi connectivity index (χ1) is 14.5. The SMILES string of the molecule is CC[C@]1(c2ccccc2)NC(=O)N(/N=C\c2c(C)nn(-c3ccccc3)c2C)C1=O. The highest BCUT2D eigenvalue weighted by atomic mass is 16.2. The normalized spacial score (nSPS) is 19.0. The third-order valence-electron chi connectivity index (χ3n) is 5.52. The molecule has 0 unspecified atom stereocenters. The van der Waals surface area contributed by atoms with E-state index >= 15 is 0 Å². The van der Waals surface area contributed by atoms with Gasteiger partial charge in [0.1, 0.15) is 5.54 Å². The van der Waals surface area contributed by atoms with Crippen LogP contribution in [0.25, 0.3) is 5.69 Å². The fraction of sp³-hybridized carbons (Fsp3) is 0.217. The molecule has 0 radical (unpaired) electrons. The monoisotopic (exact) mass is 401 g/mol. The van der Waals surface area contributed by atoms with Crippen LogP contribution in [0.15, 0.2) is 65.8 Å². The Balaban J connectivity index is 1.66. The van der Waals surface area contributed by atoms with Crippen molar-refractivity contribution >= 4 is 18.2 Å². The number of para-hydroxylation sites is 1. The molecule has 0 aliphatic carbocycles. The summed E-state index contributed by atoms with van der Waals surface area (Å²) < 4.78 is 1.82. The van der Waals surface area contributed by atoms with Gasteiger partial charge in [-0.25, -0.2) is 9.48 Å². The molecule has 0 spiro atoms. The van der Waals surface area contributed by atoms with Crippen LogP contribution in [-0.4, -0.2) is 32.9 Å². The number of rotatable bonds is 5. The fourth-order valence-electron chi connectivity index (χ4n) is 3.81. The van der Waals surface area contributed by atoms with Crippen LogP contribution >= 0.6 is 0 Å². The Morgan fingerprint density at radius 2 is 1.67 bits per heavy atom. The van der Waals surface area contributed by atoms with Gasteiger partial charge in [0, 0.05) is 5.56 Å². The van der Waals surface area contributed by atoms with Gasteiger partial charge in [-0.1, -0.05) is 55.5 Å². The van der Waals surface area contributed by atoms with Crippen LogP contribution in [0.2, 0.25) is 0 Å². The van der Waals surface area contributed by atoms with Crippen LogP contribution in [0, 0.1) is 13.8 Å². The molecule has 3 aromatic rings. The molecule has 0 bridgehead atoms. The summed E-state index contributed by atoms with van der Waals surface area (Å²) in [7, 11) is 0. The van der Waals surface area contributed by atoms with Crippen molar-refractivity contribution in [3.05, 3.63) is 83.2 Å². The molecule has 3 amide bonds. The van der Waals surface area contributed by atoms with Crippen LogP contribution in [0.5, 0.6) is 0 Å². The van der Waals surface area contributed by atoms with Gasteiger partial charge in [-0.2, -0.15) is 10.2 Å². The third-order valence-corrected chi connectivity index (χ3v) is 5.52. The maximum atomic E-state index is 13.2. The molecule has 0 saturated carbocycles. The quantitative estimate of drug-likeness (QED) is 0.523. The molecular weight excluding hydrogens is 378 g/mol. The second kappa shape index (κ2) is 7.59. The average molecular weight is 401 g/mol. The number of carbonyl (C=O) groups excluding carboxylic acids is 2. The number of carbonyl (C=O) groups is 2. The van der Waals surface area contributed by atoms with E-state index in [1.54, 1.807) is 0 Å². The highest BCUT2D eigenvalue weighted by Gasteiger charge is 2.51. The number of amides is 3. The predicted molar refractivity (Wildman–Crippen MR) is 114 cm³/mol. The number of aromatic nitrogens is 2. The van der Waals surface area contributed by atoms with Crippen molar-refractivity contribution in [2.45, 2.75) is 32.7 Å². The van der Waals surface area contributed by atoms with E-state index in [4.69, 9.17) is 0 Å². The number of nitrogens with zero attached hydrogens (tertiary/aromatic N) is 4. The molecule has 1 atom stereocenters. The van der Waals surface area contributed by atoms with Gasteiger partial charge in [0.2, 0.25) is 0 Å². The molecule has 1 aliphatic rings. The summed E-state index contributed by atoms with van der Waals surface area (Å²) in [6.07, 6.45) is 1.96. The molecular formula is C23H23N5O2. The smallest absolute Gasteiger partial charge is 0.318 e. The maximum absolute atomic E-state index is 13.2. The Morgan fingerprint density at radius 1 is 1.03 bits per heavy atom. The van der Waals surface area contributed by atoms with Gasteiger partial charge in [-0.3, -0.25) is 4.79 Å². The first-order valence-electron chi connectivity index (χ1n) is 9.86. The predicted octanol–water partition coefficient (Wildman–Crippen LogP) is 3.68. The molecule has 152 valence electrons. The molecule has 1 fully saturated rings. The highest BCUT2D eigenvalue weighted by Crippen LogP contribution is 2.32. The topological polar surface area (TPSA) is 79.6 Å². The van der Waals surface area contributed by atoms with Crippen LogP contribution in [0.3, 0.4) is 0 Å². The van der Waals surface area contributed by atoms with Crippen molar-refractivity contribution in [1.82, 2.24) is 20.1 Å². The molecule has 7 heteroatoms. The molecule has 1 aliphatic heterocycles. The number of hydrazone groups is 1.